The van der Waals surface area contributed by atoms with Crippen molar-refractivity contribution in [3.63, 3.8) is 0 Å². The van der Waals surface area contributed by atoms with Crippen molar-refractivity contribution in [1.82, 2.24) is 9.97 Å². The van der Waals surface area contributed by atoms with E-state index in [9.17, 15) is 4.79 Å². The first-order valence-corrected chi connectivity index (χ1v) is 6.99. The van der Waals surface area contributed by atoms with Gasteiger partial charge in [-0.3, -0.25) is 10.1 Å². The van der Waals surface area contributed by atoms with E-state index in [0.717, 1.165) is 22.3 Å². The minimum absolute atomic E-state index is 0.203. The van der Waals surface area contributed by atoms with Crippen molar-refractivity contribution < 1.29 is 4.79 Å². The fourth-order valence-electron chi connectivity index (χ4n) is 1.70. The summed E-state index contributed by atoms with van der Waals surface area (Å²) < 4.78 is 0. The highest BCUT2D eigenvalue weighted by Crippen LogP contribution is 2.10. The van der Waals surface area contributed by atoms with Crippen LogP contribution in [0.4, 0.5) is 5.95 Å². The van der Waals surface area contributed by atoms with Gasteiger partial charge in [-0.05, 0) is 37.6 Å². The Hall–Kier alpha value is -1.75. The Morgan fingerprint density at radius 2 is 1.74 bits per heavy atom. The van der Waals surface area contributed by atoms with Gasteiger partial charge in [0.15, 0.2) is 0 Å². The Bertz CT molecular complexity index is 576. The lowest BCUT2D eigenvalue weighted by Gasteiger charge is -2.06. The molecule has 0 saturated heterocycles. The maximum absolute atomic E-state index is 12.0. The maximum Gasteiger partial charge on any atom is 0.258 e. The summed E-state index contributed by atoms with van der Waals surface area (Å²) >= 11 is 3.37. The quantitative estimate of drug-likeness (QED) is 0.883. The third-order valence-corrected chi connectivity index (χ3v) is 3.23. The molecule has 0 unspecified atom stereocenters. The molecule has 0 aliphatic heterocycles. The molecule has 1 amide bonds. The molecular weight excluding hydrogens is 306 g/mol. The second-order valence-corrected chi connectivity index (χ2v) is 4.82. The summed E-state index contributed by atoms with van der Waals surface area (Å²) in [5.74, 6) is 0.137. The molecule has 2 aromatic rings. The zero-order valence-corrected chi connectivity index (χ0v) is 12.4. The number of amides is 1. The standard InChI is InChI=1S/C14H14BrN3O/c1-9-7-10(2)17-14(16-9)18-13(19)12-5-3-11(8-15)4-6-12/h3-7H,8H2,1-2H3,(H,16,17,18,19). The first-order chi connectivity index (χ1) is 9.08. The van der Waals surface area contributed by atoms with E-state index in [1.54, 1.807) is 12.1 Å². The monoisotopic (exact) mass is 319 g/mol. The molecule has 0 radical (unpaired) electrons. The fourth-order valence-corrected chi connectivity index (χ4v) is 2.07. The lowest BCUT2D eigenvalue weighted by atomic mass is 10.1. The van der Waals surface area contributed by atoms with Gasteiger partial charge in [-0.15, -0.1) is 0 Å². The van der Waals surface area contributed by atoms with Crippen LogP contribution in [0, 0.1) is 13.8 Å². The van der Waals surface area contributed by atoms with Crippen LogP contribution in [0.1, 0.15) is 27.3 Å². The van der Waals surface area contributed by atoms with Crippen LogP contribution in [0.2, 0.25) is 0 Å². The second-order valence-electron chi connectivity index (χ2n) is 4.26. The summed E-state index contributed by atoms with van der Waals surface area (Å²) in [6.07, 6.45) is 0. The molecule has 1 aromatic heterocycles. The molecule has 0 aliphatic carbocycles. The van der Waals surface area contributed by atoms with E-state index in [1.165, 1.54) is 0 Å². The van der Waals surface area contributed by atoms with Gasteiger partial charge in [-0.2, -0.15) is 0 Å². The number of anilines is 1. The highest BCUT2D eigenvalue weighted by Gasteiger charge is 2.08. The first kappa shape index (κ1) is 13.7. The van der Waals surface area contributed by atoms with Crippen LogP contribution in [-0.4, -0.2) is 15.9 Å². The SMILES string of the molecule is Cc1cc(C)nc(NC(=O)c2ccc(CBr)cc2)n1. The van der Waals surface area contributed by atoms with Crippen LogP contribution in [-0.2, 0) is 5.33 Å². The van der Waals surface area contributed by atoms with Gasteiger partial charge in [-0.25, -0.2) is 9.97 Å². The number of halogens is 1. The Kier molecular flexibility index (Phi) is 4.27. The molecule has 0 fully saturated rings. The van der Waals surface area contributed by atoms with Gasteiger partial charge >= 0.3 is 0 Å². The number of nitrogens with one attached hydrogen (secondary N) is 1. The van der Waals surface area contributed by atoms with Crippen molar-refractivity contribution >= 4 is 27.8 Å². The number of hydrogen-bond acceptors (Lipinski definition) is 3. The minimum Gasteiger partial charge on any atom is -0.290 e. The predicted molar refractivity (Wildman–Crippen MR) is 78.5 cm³/mol. The molecule has 0 atom stereocenters. The summed E-state index contributed by atoms with van der Waals surface area (Å²) in [5.41, 5.74) is 3.38. The molecule has 5 heteroatoms. The number of carbonyl (C=O) groups excluding carboxylic acids is 1. The molecule has 1 aromatic carbocycles. The number of aromatic nitrogens is 2. The molecular formula is C14H14BrN3O. The van der Waals surface area contributed by atoms with E-state index >= 15 is 0 Å². The number of alkyl halides is 1. The summed E-state index contributed by atoms with van der Waals surface area (Å²) in [6, 6.07) is 9.25. The normalized spacial score (nSPS) is 10.3. The first-order valence-electron chi connectivity index (χ1n) is 5.87. The average Bonchev–Trinajstić information content (AvgIpc) is 2.37. The van der Waals surface area contributed by atoms with Crippen molar-refractivity contribution in [2.24, 2.45) is 0 Å². The van der Waals surface area contributed by atoms with Gasteiger partial charge in [0, 0.05) is 22.3 Å². The van der Waals surface area contributed by atoms with Crippen molar-refractivity contribution in [3.8, 4) is 0 Å². The smallest absolute Gasteiger partial charge is 0.258 e. The lowest BCUT2D eigenvalue weighted by Crippen LogP contribution is -2.14. The van der Waals surface area contributed by atoms with Gasteiger partial charge in [-0.1, -0.05) is 28.1 Å². The Morgan fingerprint density at radius 1 is 1.16 bits per heavy atom. The van der Waals surface area contributed by atoms with E-state index in [0.29, 0.717) is 11.5 Å². The highest BCUT2D eigenvalue weighted by atomic mass is 79.9. The summed E-state index contributed by atoms with van der Waals surface area (Å²) in [4.78, 5) is 20.4. The van der Waals surface area contributed by atoms with E-state index in [2.05, 4.69) is 31.2 Å². The average molecular weight is 320 g/mol. The van der Waals surface area contributed by atoms with Crippen LogP contribution in [0.5, 0.6) is 0 Å². The van der Waals surface area contributed by atoms with E-state index in [4.69, 9.17) is 0 Å². The molecule has 0 bridgehead atoms. The van der Waals surface area contributed by atoms with Crippen molar-refractivity contribution in [2.45, 2.75) is 19.2 Å². The molecule has 0 saturated carbocycles. The molecule has 19 heavy (non-hydrogen) atoms. The topological polar surface area (TPSA) is 54.9 Å². The number of rotatable bonds is 3. The van der Waals surface area contributed by atoms with Gasteiger partial charge in [0.05, 0.1) is 0 Å². The van der Waals surface area contributed by atoms with Crippen LogP contribution < -0.4 is 5.32 Å². The molecule has 1 N–H and O–H groups in total. The molecule has 98 valence electrons. The van der Waals surface area contributed by atoms with Gasteiger partial charge < -0.3 is 0 Å². The van der Waals surface area contributed by atoms with Crippen molar-refractivity contribution in [3.05, 3.63) is 52.8 Å². The number of benzene rings is 1. The van der Waals surface area contributed by atoms with Crippen LogP contribution in [0.25, 0.3) is 0 Å². The van der Waals surface area contributed by atoms with Crippen LogP contribution in [0.3, 0.4) is 0 Å². The number of carbonyl (C=O) groups is 1. The van der Waals surface area contributed by atoms with Crippen molar-refractivity contribution in [1.29, 1.82) is 0 Å². The molecule has 0 aliphatic rings. The minimum atomic E-state index is -0.203. The van der Waals surface area contributed by atoms with Crippen molar-refractivity contribution in [2.75, 3.05) is 5.32 Å². The van der Waals surface area contributed by atoms with Gasteiger partial charge in [0.1, 0.15) is 0 Å². The van der Waals surface area contributed by atoms with E-state index < -0.39 is 0 Å². The Labute approximate surface area is 120 Å². The van der Waals surface area contributed by atoms with Crippen LogP contribution in [0.15, 0.2) is 30.3 Å². The molecule has 1 heterocycles. The fraction of sp³-hybridized carbons (Fsp3) is 0.214. The third kappa shape index (κ3) is 3.61. The number of nitrogens with zero attached hydrogens (tertiary/aromatic N) is 2. The highest BCUT2D eigenvalue weighted by molar-refractivity contribution is 9.08. The zero-order valence-electron chi connectivity index (χ0n) is 10.8. The second kappa shape index (κ2) is 5.93. The summed E-state index contributed by atoms with van der Waals surface area (Å²) in [7, 11) is 0. The Morgan fingerprint density at radius 3 is 2.26 bits per heavy atom. The largest absolute Gasteiger partial charge is 0.290 e. The lowest BCUT2D eigenvalue weighted by molar-refractivity contribution is 0.102. The molecule has 4 nitrogen and oxygen atoms in total. The van der Waals surface area contributed by atoms with E-state index in [1.807, 2.05) is 32.0 Å². The molecule has 2 rings (SSSR count). The number of aryl methyl sites for hydroxylation is 2. The predicted octanol–water partition coefficient (Wildman–Crippen LogP) is 3.24. The Balaban J connectivity index is 2.15. The maximum atomic E-state index is 12.0. The van der Waals surface area contributed by atoms with Crippen LogP contribution >= 0.6 is 15.9 Å². The van der Waals surface area contributed by atoms with Gasteiger partial charge in [0.2, 0.25) is 5.95 Å². The third-order valence-electron chi connectivity index (χ3n) is 2.58. The molecule has 0 spiro atoms. The number of hydrogen-bond donors (Lipinski definition) is 1. The summed E-state index contributed by atoms with van der Waals surface area (Å²) in [5, 5.41) is 3.48. The van der Waals surface area contributed by atoms with E-state index in [-0.39, 0.29) is 5.91 Å². The zero-order chi connectivity index (χ0) is 13.8. The van der Waals surface area contributed by atoms with Gasteiger partial charge in [0.25, 0.3) is 5.91 Å². The summed E-state index contributed by atoms with van der Waals surface area (Å²) in [6.45, 7) is 3.74.